The maximum Gasteiger partial charge on any atom is 0.0702 e. The van der Waals surface area contributed by atoms with Crippen LogP contribution in [0.1, 0.15) is 53.6 Å². The lowest BCUT2D eigenvalue weighted by atomic mass is 10.1. The smallest absolute Gasteiger partial charge is 0.0702 e. The second-order valence-corrected chi connectivity index (χ2v) is 6.65. The van der Waals surface area contributed by atoms with Gasteiger partial charge < -0.3 is 5.32 Å². The normalized spacial score (nSPS) is 15.5. The summed E-state index contributed by atoms with van der Waals surface area (Å²) < 4.78 is 2.06. The van der Waals surface area contributed by atoms with Crippen molar-refractivity contribution in [3.05, 3.63) is 39.3 Å². The number of rotatable bonds is 6. The van der Waals surface area contributed by atoms with Gasteiger partial charge in [0.25, 0.3) is 0 Å². The van der Waals surface area contributed by atoms with E-state index in [0.717, 1.165) is 19.5 Å². The number of thiophene rings is 1. The van der Waals surface area contributed by atoms with Gasteiger partial charge in [-0.25, -0.2) is 0 Å². The van der Waals surface area contributed by atoms with Gasteiger partial charge in [0.05, 0.1) is 12.2 Å². The minimum Gasteiger partial charge on any atom is -0.306 e. The molecule has 1 unspecified atom stereocenters. The number of aryl methyl sites for hydroxylation is 3. The summed E-state index contributed by atoms with van der Waals surface area (Å²) in [7, 11) is 0. The lowest BCUT2D eigenvalue weighted by Crippen LogP contribution is -2.20. The Morgan fingerprint density at radius 1 is 1.40 bits per heavy atom. The molecule has 2 aromatic heterocycles. The highest BCUT2D eigenvalue weighted by molar-refractivity contribution is 7.12. The van der Waals surface area contributed by atoms with E-state index in [2.05, 4.69) is 41.2 Å². The van der Waals surface area contributed by atoms with Crippen molar-refractivity contribution in [1.82, 2.24) is 15.1 Å². The molecule has 0 saturated carbocycles. The Kier molecular flexibility index (Phi) is 4.22. The Bertz CT molecular complexity index is 549. The molecule has 1 aliphatic rings. The minimum absolute atomic E-state index is 0.307. The fourth-order valence-electron chi connectivity index (χ4n) is 2.96. The number of hydrogen-bond donors (Lipinski definition) is 1. The van der Waals surface area contributed by atoms with Crippen molar-refractivity contribution in [3.8, 4) is 0 Å². The van der Waals surface area contributed by atoms with E-state index >= 15 is 0 Å². The van der Waals surface area contributed by atoms with Crippen molar-refractivity contribution in [3.63, 3.8) is 0 Å². The molecule has 0 spiro atoms. The maximum absolute atomic E-state index is 4.48. The highest BCUT2D eigenvalue weighted by Gasteiger charge is 2.21. The topological polar surface area (TPSA) is 29.9 Å². The minimum atomic E-state index is 0.307. The third-order valence-electron chi connectivity index (χ3n) is 3.90. The van der Waals surface area contributed by atoms with Crippen molar-refractivity contribution >= 4 is 11.3 Å². The predicted octanol–water partition coefficient (Wildman–Crippen LogP) is 3.54. The molecule has 3 nitrogen and oxygen atoms in total. The van der Waals surface area contributed by atoms with Gasteiger partial charge in [0.15, 0.2) is 0 Å². The van der Waals surface area contributed by atoms with Crippen LogP contribution in [-0.4, -0.2) is 16.3 Å². The van der Waals surface area contributed by atoms with Crippen molar-refractivity contribution in [2.45, 2.75) is 52.1 Å². The third kappa shape index (κ3) is 2.67. The van der Waals surface area contributed by atoms with Gasteiger partial charge in [0.2, 0.25) is 0 Å². The molecule has 108 valence electrons. The highest BCUT2D eigenvalue weighted by atomic mass is 32.1. The van der Waals surface area contributed by atoms with Crippen molar-refractivity contribution in [1.29, 1.82) is 0 Å². The summed E-state index contributed by atoms with van der Waals surface area (Å²) in [5.74, 6) is 0. The molecule has 3 rings (SSSR count). The van der Waals surface area contributed by atoms with E-state index < -0.39 is 0 Å². The molecule has 0 aromatic carbocycles. The van der Waals surface area contributed by atoms with Gasteiger partial charge in [0.1, 0.15) is 0 Å². The Morgan fingerprint density at radius 3 is 3.05 bits per heavy atom. The Balaban J connectivity index is 1.86. The largest absolute Gasteiger partial charge is 0.306 e. The summed E-state index contributed by atoms with van der Waals surface area (Å²) in [5.41, 5.74) is 2.87. The van der Waals surface area contributed by atoms with Crippen LogP contribution in [0.4, 0.5) is 0 Å². The molecule has 1 aliphatic carbocycles. The Labute approximate surface area is 125 Å². The average Bonchev–Trinajstić information content (AvgIpc) is 3.11. The molecular weight excluding hydrogens is 266 g/mol. The quantitative estimate of drug-likeness (QED) is 0.881. The molecule has 1 atom stereocenters. The Hall–Kier alpha value is -1.13. The monoisotopic (exact) mass is 289 g/mol. The average molecular weight is 289 g/mol. The molecule has 2 aromatic rings. The van der Waals surface area contributed by atoms with Gasteiger partial charge in [0, 0.05) is 28.1 Å². The molecule has 1 N–H and O–H groups in total. The van der Waals surface area contributed by atoms with E-state index in [1.165, 1.54) is 29.7 Å². The van der Waals surface area contributed by atoms with Crippen LogP contribution in [0, 0.1) is 0 Å². The molecule has 4 heteroatoms. The molecule has 0 amide bonds. The van der Waals surface area contributed by atoms with Crippen LogP contribution < -0.4 is 5.32 Å². The fraction of sp³-hybridized carbons (Fsp3) is 0.562. The van der Waals surface area contributed by atoms with Crippen molar-refractivity contribution in [2.75, 3.05) is 6.54 Å². The van der Waals surface area contributed by atoms with Crippen LogP contribution in [0.3, 0.4) is 0 Å². The first-order chi connectivity index (χ1) is 9.81. The van der Waals surface area contributed by atoms with Gasteiger partial charge in [-0.2, -0.15) is 5.10 Å². The van der Waals surface area contributed by atoms with Crippen LogP contribution in [0.5, 0.6) is 0 Å². The first-order valence-corrected chi connectivity index (χ1v) is 8.50. The number of nitrogens with zero attached hydrogens (tertiary/aromatic N) is 2. The van der Waals surface area contributed by atoms with Crippen LogP contribution in [0.2, 0.25) is 0 Å². The fourth-order valence-corrected chi connectivity index (χ4v) is 4.32. The highest BCUT2D eigenvalue weighted by Crippen LogP contribution is 2.35. The SMILES string of the molecule is CCCn1cc(C(NCC)c2cc3c(s2)CCC3)cn1. The lowest BCUT2D eigenvalue weighted by molar-refractivity contribution is 0.598. The second-order valence-electron chi connectivity index (χ2n) is 5.48. The van der Waals surface area contributed by atoms with Crippen molar-refractivity contribution in [2.24, 2.45) is 0 Å². The molecule has 0 fully saturated rings. The van der Waals surface area contributed by atoms with Gasteiger partial charge in [-0.05, 0) is 43.9 Å². The first kappa shape index (κ1) is 13.8. The van der Waals surface area contributed by atoms with Crippen LogP contribution >= 0.6 is 11.3 Å². The zero-order valence-corrected chi connectivity index (χ0v) is 13.2. The molecule has 0 saturated heterocycles. The van der Waals surface area contributed by atoms with E-state index in [-0.39, 0.29) is 0 Å². The first-order valence-electron chi connectivity index (χ1n) is 7.69. The van der Waals surface area contributed by atoms with E-state index in [1.807, 2.05) is 17.5 Å². The molecule has 20 heavy (non-hydrogen) atoms. The molecule has 0 aliphatic heterocycles. The van der Waals surface area contributed by atoms with Gasteiger partial charge in [-0.1, -0.05) is 13.8 Å². The van der Waals surface area contributed by atoms with E-state index in [9.17, 15) is 0 Å². The summed E-state index contributed by atoms with van der Waals surface area (Å²) in [6, 6.07) is 2.72. The summed E-state index contributed by atoms with van der Waals surface area (Å²) in [4.78, 5) is 3.05. The predicted molar refractivity (Wildman–Crippen MR) is 84.4 cm³/mol. The van der Waals surface area contributed by atoms with Crippen LogP contribution in [-0.2, 0) is 19.4 Å². The number of aromatic nitrogens is 2. The molecule has 0 radical (unpaired) electrons. The standard InChI is InChI=1S/C16H23N3S/c1-3-8-19-11-13(10-18-19)16(17-4-2)15-9-12-6-5-7-14(12)20-15/h9-11,16-17H,3-8H2,1-2H3. The van der Waals surface area contributed by atoms with Crippen LogP contribution in [0.25, 0.3) is 0 Å². The van der Waals surface area contributed by atoms with Crippen molar-refractivity contribution < 1.29 is 0 Å². The number of fused-ring (bicyclic) bond motifs is 1. The Morgan fingerprint density at radius 2 is 2.30 bits per heavy atom. The van der Waals surface area contributed by atoms with Gasteiger partial charge in [-0.3, -0.25) is 4.68 Å². The van der Waals surface area contributed by atoms with Gasteiger partial charge in [-0.15, -0.1) is 11.3 Å². The van der Waals surface area contributed by atoms with Crippen LogP contribution in [0.15, 0.2) is 18.5 Å². The summed E-state index contributed by atoms with van der Waals surface area (Å²) in [6.45, 7) is 6.34. The number of nitrogens with one attached hydrogen (secondary N) is 1. The third-order valence-corrected chi connectivity index (χ3v) is 5.20. The number of hydrogen-bond acceptors (Lipinski definition) is 3. The summed E-state index contributed by atoms with van der Waals surface area (Å²) in [5, 5.41) is 8.10. The summed E-state index contributed by atoms with van der Waals surface area (Å²) in [6.07, 6.45) is 9.21. The lowest BCUT2D eigenvalue weighted by Gasteiger charge is -2.14. The molecule has 2 heterocycles. The van der Waals surface area contributed by atoms with E-state index in [4.69, 9.17) is 0 Å². The molecular formula is C16H23N3S. The second kappa shape index (κ2) is 6.10. The van der Waals surface area contributed by atoms with E-state index in [0.29, 0.717) is 6.04 Å². The zero-order valence-electron chi connectivity index (χ0n) is 12.4. The van der Waals surface area contributed by atoms with E-state index in [1.54, 1.807) is 10.4 Å². The molecule has 0 bridgehead atoms. The maximum atomic E-state index is 4.48. The zero-order chi connectivity index (χ0) is 13.9. The van der Waals surface area contributed by atoms with Gasteiger partial charge >= 0.3 is 0 Å². The summed E-state index contributed by atoms with van der Waals surface area (Å²) >= 11 is 1.99.